The van der Waals surface area contributed by atoms with Gasteiger partial charge in [0, 0.05) is 23.4 Å². The molecule has 0 radical (unpaired) electrons. The molecule has 0 aromatic heterocycles. The first kappa shape index (κ1) is 18.8. The first-order valence-electron chi connectivity index (χ1n) is 8.23. The lowest BCUT2D eigenvalue weighted by Gasteiger charge is -2.27. The Labute approximate surface area is 148 Å². The van der Waals surface area contributed by atoms with Crippen molar-refractivity contribution in [2.45, 2.75) is 37.8 Å². The normalized spacial score (nSPS) is 20.0. The minimum absolute atomic E-state index is 0.0141. The molecule has 2 unspecified atom stereocenters. The number of carbonyl (C=O) groups excluding carboxylic acids is 1. The Kier molecular flexibility index (Phi) is 6.32. The fourth-order valence-electron chi connectivity index (χ4n) is 3.00. The average Bonchev–Trinajstić information content (AvgIpc) is 3.02. The van der Waals surface area contributed by atoms with E-state index in [1.165, 1.54) is 11.8 Å². The first-order valence-corrected chi connectivity index (χ1v) is 9.22. The van der Waals surface area contributed by atoms with Gasteiger partial charge in [0.05, 0.1) is 17.7 Å². The van der Waals surface area contributed by atoms with Crippen LogP contribution >= 0.6 is 11.8 Å². The van der Waals surface area contributed by atoms with E-state index in [4.69, 9.17) is 11.5 Å². The Morgan fingerprint density at radius 2 is 2.29 bits per heavy atom. The molecule has 1 aromatic carbocycles. The van der Waals surface area contributed by atoms with Gasteiger partial charge in [0.15, 0.2) is 0 Å². The van der Waals surface area contributed by atoms with Crippen molar-refractivity contribution in [3.8, 4) is 0 Å². The van der Waals surface area contributed by atoms with Crippen molar-refractivity contribution in [2.75, 3.05) is 18.9 Å². The van der Waals surface area contributed by atoms with E-state index in [9.17, 15) is 9.90 Å². The molecular formula is C18H27N3O2S. The third-order valence-electron chi connectivity index (χ3n) is 4.53. The molecule has 24 heavy (non-hydrogen) atoms. The largest absolute Gasteiger partial charge is 0.394 e. The predicted molar refractivity (Wildman–Crippen MR) is 99.5 cm³/mol. The predicted octanol–water partition coefficient (Wildman–Crippen LogP) is 2.01. The molecule has 1 aliphatic rings. The zero-order valence-corrected chi connectivity index (χ0v) is 15.0. The van der Waals surface area contributed by atoms with Crippen molar-refractivity contribution < 1.29 is 9.90 Å². The number of rotatable bonds is 7. The van der Waals surface area contributed by atoms with Crippen LogP contribution < -0.4 is 11.5 Å². The maximum atomic E-state index is 12.7. The van der Waals surface area contributed by atoms with Gasteiger partial charge in [0.1, 0.15) is 0 Å². The van der Waals surface area contributed by atoms with Gasteiger partial charge in [-0.3, -0.25) is 4.79 Å². The summed E-state index contributed by atoms with van der Waals surface area (Å²) in [7, 11) is 0. The van der Waals surface area contributed by atoms with Gasteiger partial charge in [0.2, 0.25) is 0 Å². The van der Waals surface area contributed by atoms with Crippen LogP contribution in [0.15, 0.2) is 35.9 Å². The molecule has 1 amide bonds. The second-order valence-electron chi connectivity index (χ2n) is 6.54. The lowest BCUT2D eigenvalue weighted by atomic mass is 9.89. The average molecular weight is 350 g/mol. The minimum Gasteiger partial charge on any atom is -0.394 e. The molecule has 132 valence electrons. The van der Waals surface area contributed by atoms with Crippen molar-refractivity contribution >= 4 is 17.7 Å². The van der Waals surface area contributed by atoms with E-state index in [1.54, 1.807) is 4.90 Å². The highest BCUT2D eigenvalue weighted by Crippen LogP contribution is 2.27. The second-order valence-corrected chi connectivity index (χ2v) is 7.76. The smallest absolute Gasteiger partial charge is 0.254 e. The van der Waals surface area contributed by atoms with Crippen molar-refractivity contribution in [2.24, 2.45) is 11.5 Å². The number of likely N-dealkylation sites (tertiary alicyclic amines) is 1. The highest BCUT2D eigenvalue weighted by molar-refractivity contribution is 8.02. The monoisotopic (exact) mass is 349 g/mol. The van der Waals surface area contributed by atoms with Crippen LogP contribution in [-0.4, -0.2) is 40.9 Å². The summed E-state index contributed by atoms with van der Waals surface area (Å²) < 4.78 is 0. The standard InChI is InChI=1S/C18H27N3O2S/c1-13(19)24-10-8-18(2,20)15-6-3-5-14(11-15)17(23)21-9-4-7-16(21)12-22/h3,5-6,11,16,22H,1,4,7-10,12,19-20H2,2H3. The SMILES string of the molecule is C=C(N)SCCC(C)(N)c1cccc(C(=O)N2CCCC2CO)c1. The molecule has 2 rings (SSSR count). The van der Waals surface area contributed by atoms with E-state index < -0.39 is 5.54 Å². The summed E-state index contributed by atoms with van der Waals surface area (Å²) in [6, 6.07) is 7.43. The summed E-state index contributed by atoms with van der Waals surface area (Å²) in [6.07, 6.45) is 2.52. The van der Waals surface area contributed by atoms with Crippen LogP contribution in [0, 0.1) is 0 Å². The van der Waals surface area contributed by atoms with E-state index in [0.717, 1.165) is 30.6 Å². The van der Waals surface area contributed by atoms with Crippen LogP contribution in [-0.2, 0) is 5.54 Å². The fraction of sp³-hybridized carbons (Fsp3) is 0.500. The van der Waals surface area contributed by atoms with Crippen molar-refractivity contribution in [3.63, 3.8) is 0 Å². The molecule has 0 aliphatic carbocycles. The summed E-state index contributed by atoms with van der Waals surface area (Å²) in [6.45, 7) is 6.35. The summed E-state index contributed by atoms with van der Waals surface area (Å²) in [5.74, 6) is 0.744. The highest BCUT2D eigenvalue weighted by Gasteiger charge is 2.29. The number of aliphatic hydroxyl groups excluding tert-OH is 1. The molecule has 1 aromatic rings. The van der Waals surface area contributed by atoms with Gasteiger partial charge < -0.3 is 21.5 Å². The minimum atomic E-state index is -0.542. The van der Waals surface area contributed by atoms with Crippen molar-refractivity contribution in [1.82, 2.24) is 4.90 Å². The molecule has 0 spiro atoms. The number of hydrogen-bond donors (Lipinski definition) is 3. The summed E-state index contributed by atoms with van der Waals surface area (Å²) >= 11 is 1.49. The van der Waals surface area contributed by atoms with Crippen LogP contribution in [0.3, 0.4) is 0 Å². The number of aliphatic hydroxyl groups is 1. The Morgan fingerprint density at radius 3 is 2.96 bits per heavy atom. The Bertz CT molecular complexity index is 604. The molecular weight excluding hydrogens is 322 g/mol. The number of carbonyl (C=O) groups is 1. The van der Waals surface area contributed by atoms with Gasteiger partial charge in [-0.15, -0.1) is 11.8 Å². The Balaban J connectivity index is 2.12. The van der Waals surface area contributed by atoms with Crippen molar-refractivity contribution in [3.05, 3.63) is 47.0 Å². The molecule has 1 fully saturated rings. The van der Waals surface area contributed by atoms with E-state index in [1.807, 2.05) is 31.2 Å². The lowest BCUT2D eigenvalue weighted by molar-refractivity contribution is 0.0677. The quantitative estimate of drug-likeness (QED) is 0.700. The number of hydrogen-bond acceptors (Lipinski definition) is 5. The van der Waals surface area contributed by atoms with Crippen molar-refractivity contribution in [1.29, 1.82) is 0 Å². The second kappa shape index (κ2) is 8.05. The molecule has 0 saturated carbocycles. The van der Waals surface area contributed by atoms with E-state index in [0.29, 0.717) is 17.1 Å². The van der Waals surface area contributed by atoms with Gasteiger partial charge in [-0.1, -0.05) is 18.7 Å². The van der Waals surface area contributed by atoms with E-state index in [2.05, 4.69) is 6.58 Å². The number of nitrogens with zero attached hydrogens (tertiary/aromatic N) is 1. The molecule has 5 N–H and O–H groups in total. The molecule has 1 saturated heterocycles. The van der Waals surface area contributed by atoms with Gasteiger partial charge >= 0.3 is 0 Å². The zero-order valence-electron chi connectivity index (χ0n) is 14.2. The van der Waals surface area contributed by atoms with Crippen LogP contribution in [0.25, 0.3) is 0 Å². The Morgan fingerprint density at radius 1 is 1.54 bits per heavy atom. The summed E-state index contributed by atoms with van der Waals surface area (Å²) in [5.41, 5.74) is 13.0. The highest BCUT2D eigenvalue weighted by atomic mass is 32.2. The first-order chi connectivity index (χ1) is 11.3. The van der Waals surface area contributed by atoms with E-state index >= 15 is 0 Å². The number of amides is 1. The van der Waals surface area contributed by atoms with Crippen LogP contribution in [0.4, 0.5) is 0 Å². The number of nitrogens with two attached hydrogens (primary N) is 2. The molecule has 6 heteroatoms. The molecule has 1 heterocycles. The van der Waals surface area contributed by atoms with E-state index in [-0.39, 0.29) is 18.6 Å². The third kappa shape index (κ3) is 4.53. The van der Waals surface area contributed by atoms with Gasteiger partial charge in [-0.25, -0.2) is 0 Å². The van der Waals surface area contributed by atoms with Gasteiger partial charge in [-0.05, 0) is 43.9 Å². The number of thioether (sulfide) groups is 1. The van der Waals surface area contributed by atoms with Gasteiger partial charge in [0.25, 0.3) is 5.91 Å². The zero-order chi connectivity index (χ0) is 17.7. The maximum Gasteiger partial charge on any atom is 0.254 e. The molecule has 0 bridgehead atoms. The van der Waals surface area contributed by atoms with Gasteiger partial charge in [-0.2, -0.15) is 0 Å². The fourth-order valence-corrected chi connectivity index (χ4v) is 3.79. The molecule has 1 aliphatic heterocycles. The topological polar surface area (TPSA) is 92.6 Å². The molecule has 5 nitrogen and oxygen atoms in total. The van der Waals surface area contributed by atoms with Crippen LogP contribution in [0.1, 0.15) is 42.1 Å². The summed E-state index contributed by atoms with van der Waals surface area (Å²) in [5, 5.41) is 10.0. The molecule has 2 atom stereocenters. The van der Waals surface area contributed by atoms with Crippen LogP contribution in [0.2, 0.25) is 0 Å². The third-order valence-corrected chi connectivity index (χ3v) is 5.31. The summed E-state index contributed by atoms with van der Waals surface area (Å²) in [4.78, 5) is 14.5. The van der Waals surface area contributed by atoms with Crippen LogP contribution in [0.5, 0.6) is 0 Å². The number of benzene rings is 1. The lowest BCUT2D eigenvalue weighted by Crippen LogP contribution is -2.38. The maximum absolute atomic E-state index is 12.7. The Hall–Kier alpha value is -1.50.